The van der Waals surface area contributed by atoms with E-state index in [1.54, 1.807) is 61.7 Å². The molecule has 0 atom stereocenters. The fourth-order valence-electron chi connectivity index (χ4n) is 4.18. The van der Waals surface area contributed by atoms with Gasteiger partial charge in [0, 0.05) is 16.7 Å². The minimum absolute atomic E-state index is 0.104. The van der Waals surface area contributed by atoms with Crippen molar-refractivity contribution in [3.63, 3.8) is 0 Å². The number of hydrogen-bond acceptors (Lipinski definition) is 5. The molecule has 0 spiro atoms. The van der Waals surface area contributed by atoms with Crippen molar-refractivity contribution < 1.29 is 23.5 Å². The molecule has 5 rings (SSSR count). The van der Waals surface area contributed by atoms with Crippen LogP contribution in [0.2, 0.25) is 0 Å². The molecule has 180 valence electrons. The van der Waals surface area contributed by atoms with Gasteiger partial charge < -0.3 is 9.64 Å². The van der Waals surface area contributed by atoms with Crippen molar-refractivity contribution in [3.05, 3.63) is 107 Å². The Balaban J connectivity index is 1.56. The molecule has 0 radical (unpaired) electrons. The first-order valence-electron chi connectivity index (χ1n) is 11.1. The van der Waals surface area contributed by atoms with Crippen LogP contribution < -0.4 is 9.64 Å². The second kappa shape index (κ2) is 9.46. The van der Waals surface area contributed by atoms with Gasteiger partial charge in [0.15, 0.2) is 5.82 Å². The predicted octanol–water partition coefficient (Wildman–Crippen LogP) is 4.17. The normalized spacial score (nSPS) is 12.2. The van der Waals surface area contributed by atoms with Gasteiger partial charge in [-0.1, -0.05) is 18.2 Å². The van der Waals surface area contributed by atoms with Crippen molar-refractivity contribution >= 4 is 29.7 Å². The van der Waals surface area contributed by atoms with E-state index in [0.717, 1.165) is 0 Å². The molecule has 1 aliphatic rings. The molecule has 2 amide bonds. The van der Waals surface area contributed by atoms with Gasteiger partial charge in [-0.3, -0.25) is 19.3 Å². The van der Waals surface area contributed by atoms with Crippen LogP contribution in [0, 0.1) is 5.82 Å². The Kier molecular flexibility index (Phi) is 6.03. The molecule has 1 aliphatic heterocycles. The van der Waals surface area contributed by atoms with Crippen LogP contribution in [0.3, 0.4) is 0 Å². The molecular formula is C27H21FN4O4. The standard InChI is InChI=1S/C27H21FN4O4/c1-36-22-13-11-21(12-14-22)31(17-33)25-23-15-30(26(34)19-7-9-20(28)10-8-19)16-24(23)32(29-25)27(35)18-5-3-2-4-6-18/h2-14,17H,15-16H2,1H3. The van der Waals surface area contributed by atoms with Crippen LogP contribution in [0.5, 0.6) is 5.75 Å². The van der Waals surface area contributed by atoms with Crippen LogP contribution in [0.15, 0.2) is 78.9 Å². The number of anilines is 2. The number of carbonyl (C=O) groups excluding carboxylic acids is 3. The molecule has 0 aliphatic carbocycles. The summed E-state index contributed by atoms with van der Waals surface area (Å²) in [5, 5.41) is 4.52. The van der Waals surface area contributed by atoms with Crippen LogP contribution in [0.4, 0.5) is 15.9 Å². The lowest BCUT2D eigenvalue weighted by atomic mass is 10.2. The molecule has 4 aromatic rings. The minimum atomic E-state index is -0.441. The van der Waals surface area contributed by atoms with E-state index in [4.69, 9.17) is 4.74 Å². The third kappa shape index (κ3) is 4.11. The summed E-state index contributed by atoms with van der Waals surface area (Å²) < 4.78 is 19.8. The van der Waals surface area contributed by atoms with Crippen LogP contribution in [0.1, 0.15) is 32.0 Å². The molecule has 0 saturated heterocycles. The van der Waals surface area contributed by atoms with Crippen molar-refractivity contribution in [1.82, 2.24) is 14.7 Å². The van der Waals surface area contributed by atoms with Crippen LogP contribution in [-0.2, 0) is 17.9 Å². The molecule has 36 heavy (non-hydrogen) atoms. The maximum Gasteiger partial charge on any atom is 0.278 e. The van der Waals surface area contributed by atoms with Crippen molar-refractivity contribution in [2.24, 2.45) is 0 Å². The maximum atomic E-state index is 13.4. The smallest absolute Gasteiger partial charge is 0.278 e. The highest BCUT2D eigenvalue weighted by Gasteiger charge is 2.35. The number of carbonyl (C=O) groups is 3. The van der Waals surface area contributed by atoms with Gasteiger partial charge >= 0.3 is 0 Å². The van der Waals surface area contributed by atoms with E-state index in [1.807, 2.05) is 0 Å². The number of benzene rings is 3. The molecule has 1 aromatic heterocycles. The van der Waals surface area contributed by atoms with Gasteiger partial charge in [-0.15, -0.1) is 5.10 Å². The van der Waals surface area contributed by atoms with Crippen LogP contribution in [0.25, 0.3) is 0 Å². The molecule has 0 saturated carbocycles. The Morgan fingerprint density at radius 2 is 1.58 bits per heavy atom. The Labute approximate surface area is 206 Å². The molecule has 0 fully saturated rings. The lowest BCUT2D eigenvalue weighted by molar-refractivity contribution is -0.106. The van der Waals surface area contributed by atoms with E-state index in [0.29, 0.717) is 40.2 Å². The predicted molar refractivity (Wildman–Crippen MR) is 130 cm³/mol. The van der Waals surface area contributed by atoms with E-state index < -0.39 is 5.82 Å². The summed E-state index contributed by atoms with van der Waals surface area (Å²) in [6, 6.07) is 20.7. The zero-order valence-corrected chi connectivity index (χ0v) is 19.3. The first-order chi connectivity index (χ1) is 17.5. The summed E-state index contributed by atoms with van der Waals surface area (Å²) in [5.74, 6) is -0.268. The van der Waals surface area contributed by atoms with E-state index in [9.17, 15) is 18.8 Å². The number of halogens is 1. The third-order valence-electron chi connectivity index (χ3n) is 6.03. The zero-order chi connectivity index (χ0) is 25.2. The number of methoxy groups -OCH3 is 1. The maximum absolute atomic E-state index is 13.4. The molecule has 0 bridgehead atoms. The van der Waals surface area contributed by atoms with Gasteiger partial charge in [0.25, 0.3) is 11.8 Å². The molecule has 0 unspecified atom stereocenters. The summed E-state index contributed by atoms with van der Waals surface area (Å²) >= 11 is 0. The third-order valence-corrected chi connectivity index (χ3v) is 6.03. The lowest BCUT2D eigenvalue weighted by Gasteiger charge is -2.19. The Morgan fingerprint density at radius 1 is 0.917 bits per heavy atom. The van der Waals surface area contributed by atoms with Crippen molar-refractivity contribution in [2.45, 2.75) is 13.1 Å². The van der Waals surface area contributed by atoms with Gasteiger partial charge in [-0.05, 0) is 60.7 Å². The van der Waals surface area contributed by atoms with Crippen molar-refractivity contribution in [3.8, 4) is 5.75 Å². The molecule has 0 N–H and O–H groups in total. The highest BCUT2D eigenvalue weighted by Crippen LogP contribution is 2.36. The van der Waals surface area contributed by atoms with Crippen LogP contribution in [-0.4, -0.2) is 40.0 Å². The summed E-state index contributed by atoms with van der Waals surface area (Å²) in [4.78, 5) is 41.6. The number of aromatic nitrogens is 2. The monoisotopic (exact) mass is 484 g/mol. The van der Waals surface area contributed by atoms with Gasteiger partial charge in [0.2, 0.25) is 6.41 Å². The number of fused-ring (bicyclic) bond motifs is 1. The highest BCUT2D eigenvalue weighted by atomic mass is 19.1. The van der Waals surface area contributed by atoms with E-state index in [-0.39, 0.29) is 30.7 Å². The summed E-state index contributed by atoms with van der Waals surface area (Å²) in [6.07, 6.45) is 0.617. The van der Waals surface area contributed by atoms with E-state index in [2.05, 4.69) is 5.10 Å². The number of nitrogens with zero attached hydrogens (tertiary/aromatic N) is 4. The first kappa shape index (κ1) is 23.0. The van der Waals surface area contributed by atoms with Crippen molar-refractivity contribution in [1.29, 1.82) is 0 Å². The van der Waals surface area contributed by atoms with Gasteiger partial charge in [0.05, 0.1) is 31.6 Å². The van der Waals surface area contributed by atoms with Gasteiger partial charge in [0.1, 0.15) is 11.6 Å². The number of ether oxygens (including phenoxy) is 1. The largest absolute Gasteiger partial charge is 0.497 e. The highest BCUT2D eigenvalue weighted by molar-refractivity contribution is 5.98. The fraction of sp³-hybridized carbons (Fsp3) is 0.111. The van der Waals surface area contributed by atoms with Crippen LogP contribution >= 0.6 is 0 Å². The fourth-order valence-corrected chi connectivity index (χ4v) is 4.18. The first-order valence-corrected chi connectivity index (χ1v) is 11.1. The number of rotatable bonds is 6. The van der Waals surface area contributed by atoms with Crippen molar-refractivity contribution in [2.75, 3.05) is 12.0 Å². The zero-order valence-electron chi connectivity index (χ0n) is 19.3. The van der Waals surface area contributed by atoms with Gasteiger partial charge in [-0.2, -0.15) is 4.68 Å². The summed E-state index contributed by atoms with van der Waals surface area (Å²) in [6.45, 7) is 0.232. The molecule has 2 heterocycles. The van der Waals surface area contributed by atoms with Gasteiger partial charge in [-0.25, -0.2) is 4.39 Å². The second-order valence-electron chi connectivity index (χ2n) is 8.17. The van der Waals surface area contributed by atoms with E-state index >= 15 is 0 Å². The summed E-state index contributed by atoms with van der Waals surface area (Å²) in [7, 11) is 1.54. The van der Waals surface area contributed by atoms with E-state index in [1.165, 1.54) is 38.7 Å². The average molecular weight is 484 g/mol. The Hall–Kier alpha value is -4.79. The molecular weight excluding hydrogens is 463 g/mol. The molecule has 3 aromatic carbocycles. The number of amides is 2. The summed E-state index contributed by atoms with van der Waals surface area (Å²) in [5.41, 5.74) is 2.35. The lowest BCUT2D eigenvalue weighted by Crippen LogP contribution is -2.28. The Bertz CT molecular complexity index is 1430. The Morgan fingerprint density at radius 3 is 2.22 bits per heavy atom. The topological polar surface area (TPSA) is 84.7 Å². The average Bonchev–Trinajstić information content (AvgIpc) is 3.50. The SMILES string of the molecule is COc1ccc(N(C=O)c2nn(C(=O)c3ccccc3)c3c2CN(C(=O)c2ccc(F)cc2)C3)cc1. The number of hydrogen-bond donors (Lipinski definition) is 0. The second-order valence-corrected chi connectivity index (χ2v) is 8.17. The molecule has 9 heteroatoms. The molecule has 8 nitrogen and oxygen atoms in total. The minimum Gasteiger partial charge on any atom is -0.497 e. The quantitative estimate of drug-likeness (QED) is 0.384.